The van der Waals surface area contributed by atoms with Crippen molar-refractivity contribution < 1.29 is 23.9 Å². The fourth-order valence-electron chi connectivity index (χ4n) is 4.93. The molecule has 0 saturated carbocycles. The number of fused-ring (bicyclic) bond motifs is 6. The number of ether oxygens (including phenoxy) is 2. The van der Waals surface area contributed by atoms with Crippen molar-refractivity contribution in [3.63, 3.8) is 0 Å². The zero-order chi connectivity index (χ0) is 17.3. The number of carbonyl (C=O) groups is 3. The average molecular weight is 361 g/mol. The van der Waals surface area contributed by atoms with Gasteiger partial charge >= 0.3 is 5.97 Å². The number of amides is 2. The summed E-state index contributed by atoms with van der Waals surface area (Å²) in [5.74, 6) is -1.62. The highest BCUT2D eigenvalue weighted by Gasteiger charge is 2.63. The zero-order valence-electron chi connectivity index (χ0n) is 13.9. The third-order valence-corrected chi connectivity index (χ3v) is 7.31. The Morgan fingerprint density at radius 1 is 1.12 bits per heavy atom. The summed E-state index contributed by atoms with van der Waals surface area (Å²) in [6, 6.07) is 0. The van der Waals surface area contributed by atoms with Crippen LogP contribution in [0.4, 0.5) is 5.00 Å². The van der Waals surface area contributed by atoms with Gasteiger partial charge in [0, 0.05) is 4.88 Å². The van der Waals surface area contributed by atoms with Crippen LogP contribution in [0.3, 0.4) is 0 Å². The molecule has 6 nitrogen and oxygen atoms in total. The molecule has 132 valence electrons. The van der Waals surface area contributed by atoms with E-state index in [2.05, 4.69) is 0 Å². The van der Waals surface area contributed by atoms with E-state index < -0.39 is 5.97 Å². The van der Waals surface area contributed by atoms with Crippen molar-refractivity contribution in [3.05, 3.63) is 16.0 Å². The predicted octanol–water partition coefficient (Wildman–Crippen LogP) is 2.08. The maximum atomic E-state index is 13.0. The number of hydrogen-bond donors (Lipinski definition) is 0. The Labute approximate surface area is 149 Å². The van der Waals surface area contributed by atoms with Crippen molar-refractivity contribution >= 4 is 34.1 Å². The topological polar surface area (TPSA) is 72.9 Å². The minimum atomic E-state index is -0.453. The van der Waals surface area contributed by atoms with E-state index >= 15 is 0 Å². The van der Waals surface area contributed by atoms with E-state index in [0.717, 1.165) is 49.0 Å². The lowest BCUT2D eigenvalue weighted by atomic mass is 9.81. The van der Waals surface area contributed by atoms with Crippen molar-refractivity contribution in [1.82, 2.24) is 0 Å². The van der Waals surface area contributed by atoms with Gasteiger partial charge in [0.05, 0.1) is 36.7 Å². The highest BCUT2D eigenvalue weighted by molar-refractivity contribution is 7.17. The highest BCUT2D eigenvalue weighted by Crippen LogP contribution is 2.51. The Hall–Kier alpha value is -1.73. The molecule has 0 unspecified atom stereocenters. The number of methoxy groups -OCH3 is 1. The molecule has 3 fully saturated rings. The SMILES string of the molecule is COC(=O)c1c(N2C(=O)[C@@H]3[C@H](C2=O)[C@H]2CC[C@H]3O2)sc2c1CCCC2. The first kappa shape index (κ1) is 15.5. The number of carbonyl (C=O) groups excluding carboxylic acids is 3. The van der Waals surface area contributed by atoms with Gasteiger partial charge in [-0.1, -0.05) is 0 Å². The minimum Gasteiger partial charge on any atom is -0.465 e. The smallest absolute Gasteiger partial charge is 0.341 e. The van der Waals surface area contributed by atoms with Gasteiger partial charge in [0.15, 0.2) is 0 Å². The molecule has 1 aliphatic carbocycles. The lowest BCUT2D eigenvalue weighted by Crippen LogP contribution is -2.34. The molecule has 7 heteroatoms. The standard InChI is InChI=1S/C18H19NO5S/c1-23-18(22)12-8-4-2-3-5-11(8)25-17(12)19-15(20)13-9-6-7-10(24-9)14(13)16(19)21/h9-10,13-14H,2-7H2,1H3/t9-,10-,13-,14+/m1/s1. The van der Waals surface area contributed by atoms with Gasteiger partial charge in [0.25, 0.3) is 0 Å². The van der Waals surface area contributed by atoms with E-state index in [1.165, 1.54) is 23.3 Å². The number of imide groups is 1. The van der Waals surface area contributed by atoms with Crippen molar-refractivity contribution in [1.29, 1.82) is 0 Å². The average Bonchev–Trinajstić information content (AvgIpc) is 3.36. The van der Waals surface area contributed by atoms with Crippen LogP contribution in [0.1, 0.15) is 46.5 Å². The number of rotatable bonds is 2. The number of esters is 1. The van der Waals surface area contributed by atoms with E-state index in [1.54, 1.807) is 0 Å². The fourth-order valence-corrected chi connectivity index (χ4v) is 6.32. The first-order valence-corrected chi connectivity index (χ1v) is 9.69. The van der Waals surface area contributed by atoms with Gasteiger partial charge in [-0.25, -0.2) is 9.69 Å². The molecule has 4 atom stereocenters. The maximum Gasteiger partial charge on any atom is 0.341 e. The van der Waals surface area contributed by atoms with E-state index in [-0.39, 0.29) is 35.9 Å². The molecule has 0 radical (unpaired) electrons. The quantitative estimate of drug-likeness (QED) is 0.596. The van der Waals surface area contributed by atoms with Crippen LogP contribution < -0.4 is 4.90 Å². The number of thiophene rings is 1. The second-order valence-corrected chi connectivity index (χ2v) is 8.32. The summed E-state index contributed by atoms with van der Waals surface area (Å²) in [5.41, 5.74) is 1.40. The lowest BCUT2D eigenvalue weighted by molar-refractivity contribution is -0.124. The second-order valence-electron chi connectivity index (χ2n) is 7.24. The van der Waals surface area contributed by atoms with Gasteiger partial charge in [0.1, 0.15) is 5.00 Å². The van der Waals surface area contributed by atoms with E-state index in [4.69, 9.17) is 9.47 Å². The molecule has 5 rings (SSSR count). The molecule has 0 N–H and O–H groups in total. The molecule has 4 heterocycles. The molecule has 2 bridgehead atoms. The van der Waals surface area contributed by atoms with Crippen molar-refractivity contribution in [3.8, 4) is 0 Å². The summed E-state index contributed by atoms with van der Waals surface area (Å²) in [6.45, 7) is 0. The normalized spacial score (nSPS) is 32.9. The molecule has 1 aromatic rings. The summed E-state index contributed by atoms with van der Waals surface area (Å²) in [7, 11) is 1.34. The van der Waals surface area contributed by atoms with E-state index in [1.807, 2.05) is 0 Å². The van der Waals surface area contributed by atoms with Crippen LogP contribution in [0.15, 0.2) is 0 Å². The van der Waals surface area contributed by atoms with Crippen LogP contribution in [0.5, 0.6) is 0 Å². The van der Waals surface area contributed by atoms with Crippen molar-refractivity contribution in [2.24, 2.45) is 11.8 Å². The molecular formula is C18H19NO5S. The van der Waals surface area contributed by atoms with E-state index in [0.29, 0.717) is 10.6 Å². The summed E-state index contributed by atoms with van der Waals surface area (Å²) >= 11 is 1.41. The molecule has 0 spiro atoms. The summed E-state index contributed by atoms with van der Waals surface area (Å²) < 4.78 is 10.8. The Kier molecular flexibility index (Phi) is 3.34. The first-order valence-electron chi connectivity index (χ1n) is 8.88. The Bertz CT molecular complexity index is 772. The van der Waals surface area contributed by atoms with Gasteiger partial charge in [-0.15, -0.1) is 11.3 Å². The summed E-state index contributed by atoms with van der Waals surface area (Å²) in [6.07, 6.45) is 5.15. The van der Waals surface area contributed by atoms with Crippen LogP contribution in [0, 0.1) is 11.8 Å². The van der Waals surface area contributed by atoms with Crippen molar-refractivity contribution in [2.75, 3.05) is 12.0 Å². The number of nitrogens with zero attached hydrogens (tertiary/aromatic N) is 1. The van der Waals surface area contributed by atoms with Crippen LogP contribution in [-0.2, 0) is 31.9 Å². The van der Waals surface area contributed by atoms with Crippen LogP contribution in [-0.4, -0.2) is 37.1 Å². The molecule has 3 saturated heterocycles. The van der Waals surface area contributed by atoms with Gasteiger partial charge in [-0.2, -0.15) is 0 Å². The third kappa shape index (κ3) is 1.96. The number of anilines is 1. The summed E-state index contributed by atoms with van der Waals surface area (Å²) in [4.78, 5) is 40.9. The summed E-state index contributed by atoms with van der Waals surface area (Å²) in [5, 5.41) is 0.475. The Morgan fingerprint density at radius 3 is 2.40 bits per heavy atom. The lowest BCUT2D eigenvalue weighted by Gasteiger charge is -2.17. The molecule has 3 aliphatic heterocycles. The van der Waals surface area contributed by atoms with Gasteiger partial charge < -0.3 is 9.47 Å². The fraction of sp³-hybridized carbons (Fsp3) is 0.611. The van der Waals surface area contributed by atoms with Gasteiger partial charge in [-0.3, -0.25) is 9.59 Å². The molecular weight excluding hydrogens is 342 g/mol. The minimum absolute atomic E-state index is 0.146. The van der Waals surface area contributed by atoms with Crippen LogP contribution in [0.25, 0.3) is 0 Å². The zero-order valence-corrected chi connectivity index (χ0v) is 14.8. The predicted molar refractivity (Wildman–Crippen MR) is 89.7 cm³/mol. The van der Waals surface area contributed by atoms with Crippen molar-refractivity contribution in [2.45, 2.75) is 50.7 Å². The number of hydrogen-bond acceptors (Lipinski definition) is 6. The molecule has 2 amide bonds. The molecule has 1 aromatic heterocycles. The van der Waals surface area contributed by atoms with Crippen LogP contribution in [0.2, 0.25) is 0 Å². The highest BCUT2D eigenvalue weighted by atomic mass is 32.1. The molecule has 25 heavy (non-hydrogen) atoms. The Balaban J connectivity index is 1.62. The number of aryl methyl sites for hydroxylation is 1. The van der Waals surface area contributed by atoms with E-state index in [9.17, 15) is 14.4 Å². The third-order valence-electron chi connectivity index (χ3n) is 6.03. The largest absolute Gasteiger partial charge is 0.465 e. The first-order chi connectivity index (χ1) is 12.1. The Morgan fingerprint density at radius 2 is 1.76 bits per heavy atom. The monoisotopic (exact) mass is 361 g/mol. The maximum absolute atomic E-state index is 13.0. The van der Waals surface area contributed by atoms with Gasteiger partial charge in [0.2, 0.25) is 11.8 Å². The molecule has 0 aromatic carbocycles. The van der Waals surface area contributed by atoms with Gasteiger partial charge in [-0.05, 0) is 44.1 Å². The molecule has 4 aliphatic rings. The second kappa shape index (κ2) is 5.38. The van der Waals surface area contributed by atoms with Crippen LogP contribution >= 0.6 is 11.3 Å².